The first-order valence-corrected chi connectivity index (χ1v) is 5.43. The lowest BCUT2D eigenvalue weighted by Gasteiger charge is -2.18. The number of rotatable bonds is 0. The summed E-state index contributed by atoms with van der Waals surface area (Å²) >= 11 is 5.96. The summed E-state index contributed by atoms with van der Waals surface area (Å²) in [5.41, 5.74) is 3.28. The average Bonchev–Trinajstić information content (AvgIpc) is 2.29. The summed E-state index contributed by atoms with van der Waals surface area (Å²) in [6.45, 7) is 0. The van der Waals surface area contributed by atoms with Gasteiger partial charge >= 0.3 is 0 Å². The van der Waals surface area contributed by atoms with Crippen LogP contribution in [0.15, 0.2) is 41.4 Å². The molecule has 2 nitrogen and oxygen atoms in total. The standard InChI is InChI=1S/C13H8ClNO/c14-8-5-6-10-11(7-8)9-3-1-2-4-12(9)15-13(10)16/h2-7H,1H2. The van der Waals surface area contributed by atoms with E-state index < -0.39 is 0 Å². The van der Waals surface area contributed by atoms with Crippen molar-refractivity contribution in [2.45, 2.75) is 6.42 Å². The summed E-state index contributed by atoms with van der Waals surface area (Å²) < 4.78 is 0. The Bertz CT molecular complexity index is 582. The smallest absolute Gasteiger partial charge is 0.267 e. The fourth-order valence-electron chi connectivity index (χ4n) is 2.00. The number of allylic oxidation sites excluding steroid dienone is 4. The summed E-state index contributed by atoms with van der Waals surface area (Å²) in [5.74, 6) is -0.189. The molecule has 2 aliphatic rings. The summed E-state index contributed by atoms with van der Waals surface area (Å²) in [5, 5.41) is 0.642. The first-order valence-electron chi connectivity index (χ1n) is 5.06. The van der Waals surface area contributed by atoms with Crippen molar-refractivity contribution in [1.82, 2.24) is 0 Å². The van der Waals surface area contributed by atoms with Crippen LogP contribution in [-0.4, -0.2) is 11.6 Å². The van der Waals surface area contributed by atoms with Crippen LogP contribution < -0.4 is 0 Å². The maximum atomic E-state index is 11.8. The molecule has 1 aromatic rings. The van der Waals surface area contributed by atoms with E-state index in [0.29, 0.717) is 10.6 Å². The predicted molar refractivity (Wildman–Crippen MR) is 65.0 cm³/mol. The number of carbonyl (C=O) groups is 1. The number of amides is 1. The minimum Gasteiger partial charge on any atom is -0.267 e. The van der Waals surface area contributed by atoms with Crippen LogP contribution in [-0.2, 0) is 0 Å². The summed E-state index contributed by atoms with van der Waals surface area (Å²) in [7, 11) is 0. The molecule has 0 saturated heterocycles. The number of benzene rings is 1. The monoisotopic (exact) mass is 229 g/mol. The summed E-state index contributed by atoms with van der Waals surface area (Å²) in [6.07, 6.45) is 6.82. The lowest BCUT2D eigenvalue weighted by molar-refractivity contribution is 0.100. The molecule has 0 atom stereocenters. The highest BCUT2D eigenvalue weighted by atomic mass is 35.5. The molecular formula is C13H8ClNO. The third kappa shape index (κ3) is 1.34. The van der Waals surface area contributed by atoms with Crippen molar-refractivity contribution in [2.24, 2.45) is 4.99 Å². The van der Waals surface area contributed by atoms with E-state index in [2.05, 4.69) is 11.1 Å². The van der Waals surface area contributed by atoms with E-state index in [4.69, 9.17) is 11.6 Å². The topological polar surface area (TPSA) is 29.4 Å². The molecule has 3 rings (SSSR count). The number of hydrogen-bond donors (Lipinski definition) is 0. The van der Waals surface area contributed by atoms with E-state index in [1.807, 2.05) is 18.2 Å². The molecule has 1 aliphatic carbocycles. The molecule has 0 aromatic heterocycles. The van der Waals surface area contributed by atoms with Crippen molar-refractivity contribution in [1.29, 1.82) is 0 Å². The van der Waals surface area contributed by atoms with Gasteiger partial charge in [0.25, 0.3) is 5.91 Å². The first-order chi connectivity index (χ1) is 7.75. The minimum absolute atomic E-state index is 0.189. The van der Waals surface area contributed by atoms with Crippen molar-refractivity contribution >= 4 is 28.8 Å². The van der Waals surface area contributed by atoms with E-state index in [9.17, 15) is 4.79 Å². The Balaban J connectivity index is 2.28. The van der Waals surface area contributed by atoms with Gasteiger partial charge in [-0.05, 0) is 36.3 Å². The molecule has 0 spiro atoms. The van der Waals surface area contributed by atoms with E-state index in [0.717, 1.165) is 23.3 Å². The molecule has 78 valence electrons. The lowest BCUT2D eigenvalue weighted by Crippen LogP contribution is -2.15. The molecular weight excluding hydrogens is 222 g/mol. The van der Waals surface area contributed by atoms with Crippen molar-refractivity contribution < 1.29 is 4.79 Å². The molecule has 0 unspecified atom stereocenters. The van der Waals surface area contributed by atoms with Gasteiger partial charge in [0.15, 0.2) is 0 Å². The van der Waals surface area contributed by atoms with Crippen LogP contribution in [0.2, 0.25) is 5.02 Å². The Morgan fingerprint density at radius 3 is 3.00 bits per heavy atom. The van der Waals surface area contributed by atoms with Crippen molar-refractivity contribution in [3.63, 3.8) is 0 Å². The molecule has 0 fully saturated rings. The van der Waals surface area contributed by atoms with Gasteiger partial charge in [0.05, 0.1) is 5.71 Å². The van der Waals surface area contributed by atoms with Crippen LogP contribution in [0.4, 0.5) is 0 Å². The number of hydrogen-bond acceptors (Lipinski definition) is 1. The van der Waals surface area contributed by atoms with Crippen molar-refractivity contribution in [2.75, 3.05) is 0 Å². The second kappa shape index (κ2) is 3.42. The van der Waals surface area contributed by atoms with Crippen LogP contribution in [0.5, 0.6) is 0 Å². The van der Waals surface area contributed by atoms with Crippen LogP contribution in [0, 0.1) is 0 Å². The number of fused-ring (bicyclic) bond motifs is 3. The third-order valence-corrected chi connectivity index (χ3v) is 2.97. The van der Waals surface area contributed by atoms with Crippen LogP contribution >= 0.6 is 11.6 Å². The highest BCUT2D eigenvalue weighted by Crippen LogP contribution is 2.31. The van der Waals surface area contributed by atoms with Crippen LogP contribution in [0.3, 0.4) is 0 Å². The Kier molecular flexibility index (Phi) is 2.04. The highest BCUT2D eigenvalue weighted by Gasteiger charge is 2.23. The van der Waals surface area contributed by atoms with Crippen LogP contribution in [0.1, 0.15) is 22.3 Å². The summed E-state index contributed by atoms with van der Waals surface area (Å²) in [4.78, 5) is 15.8. The van der Waals surface area contributed by atoms with Gasteiger partial charge in [-0.3, -0.25) is 4.79 Å². The van der Waals surface area contributed by atoms with Gasteiger partial charge in [-0.15, -0.1) is 0 Å². The maximum absolute atomic E-state index is 11.8. The molecule has 1 aromatic carbocycles. The van der Waals surface area contributed by atoms with Gasteiger partial charge in [-0.25, -0.2) is 4.99 Å². The first kappa shape index (κ1) is 9.55. The molecule has 0 N–H and O–H groups in total. The highest BCUT2D eigenvalue weighted by molar-refractivity contribution is 6.37. The zero-order valence-electron chi connectivity index (χ0n) is 8.40. The average molecular weight is 230 g/mol. The van der Waals surface area contributed by atoms with Gasteiger partial charge in [-0.1, -0.05) is 23.8 Å². The molecule has 0 radical (unpaired) electrons. The molecule has 0 saturated carbocycles. The van der Waals surface area contributed by atoms with E-state index in [-0.39, 0.29) is 5.91 Å². The zero-order valence-corrected chi connectivity index (χ0v) is 9.16. The molecule has 1 heterocycles. The molecule has 0 bridgehead atoms. The number of nitrogens with zero attached hydrogens (tertiary/aromatic N) is 1. The third-order valence-electron chi connectivity index (χ3n) is 2.73. The SMILES string of the molecule is O=C1N=C2C=CCC=C2c2cc(Cl)ccc21. The van der Waals surface area contributed by atoms with E-state index >= 15 is 0 Å². The van der Waals surface area contributed by atoms with Crippen molar-refractivity contribution in [3.8, 4) is 0 Å². The Labute approximate surface area is 98.0 Å². The molecule has 16 heavy (non-hydrogen) atoms. The minimum atomic E-state index is -0.189. The maximum Gasteiger partial charge on any atom is 0.278 e. The van der Waals surface area contributed by atoms with E-state index in [1.165, 1.54) is 0 Å². The fourth-order valence-corrected chi connectivity index (χ4v) is 2.17. The van der Waals surface area contributed by atoms with E-state index in [1.54, 1.807) is 12.1 Å². The lowest BCUT2D eigenvalue weighted by atomic mass is 9.90. The van der Waals surface area contributed by atoms with Gasteiger partial charge in [0, 0.05) is 16.2 Å². The Morgan fingerprint density at radius 2 is 2.12 bits per heavy atom. The van der Waals surface area contributed by atoms with Crippen LogP contribution in [0.25, 0.3) is 5.57 Å². The molecule has 3 heteroatoms. The normalized spacial score (nSPS) is 17.4. The van der Waals surface area contributed by atoms with Crippen molar-refractivity contribution in [3.05, 3.63) is 52.6 Å². The molecule has 1 aliphatic heterocycles. The second-order valence-electron chi connectivity index (χ2n) is 3.75. The second-order valence-corrected chi connectivity index (χ2v) is 4.18. The quantitative estimate of drug-likeness (QED) is 0.671. The van der Waals surface area contributed by atoms with Gasteiger partial charge in [-0.2, -0.15) is 0 Å². The fraction of sp³-hybridized carbons (Fsp3) is 0.0769. The molecule has 1 amide bonds. The predicted octanol–water partition coefficient (Wildman–Crippen LogP) is 3.28. The Hall–Kier alpha value is -1.67. The Morgan fingerprint density at radius 1 is 1.25 bits per heavy atom. The van der Waals surface area contributed by atoms with Gasteiger partial charge in [0.2, 0.25) is 0 Å². The zero-order chi connectivity index (χ0) is 11.1. The number of aliphatic imine (C=N–C) groups is 1. The summed E-state index contributed by atoms with van der Waals surface area (Å²) in [6, 6.07) is 5.28. The number of halogens is 1. The largest absolute Gasteiger partial charge is 0.278 e. The van der Waals surface area contributed by atoms with Gasteiger partial charge < -0.3 is 0 Å². The van der Waals surface area contributed by atoms with Gasteiger partial charge in [0.1, 0.15) is 0 Å². The number of carbonyl (C=O) groups excluding carboxylic acids is 1.